The first-order chi connectivity index (χ1) is 17.0. The summed E-state index contributed by atoms with van der Waals surface area (Å²) in [5, 5.41) is 12.4. The number of halogens is 2. The minimum atomic E-state index is -0.415. The van der Waals surface area contributed by atoms with Crippen LogP contribution in [0.15, 0.2) is 58.9 Å². The first-order valence-corrected chi connectivity index (χ1v) is 12.8. The lowest BCUT2D eigenvalue weighted by Gasteiger charge is -2.29. The highest BCUT2D eigenvalue weighted by Crippen LogP contribution is 2.45. The quantitative estimate of drug-likeness (QED) is 0.197. The molecule has 0 amide bonds. The van der Waals surface area contributed by atoms with Crippen molar-refractivity contribution in [2.45, 2.75) is 32.6 Å². The lowest BCUT2D eigenvalue weighted by molar-refractivity contribution is -0.384. The lowest BCUT2D eigenvalue weighted by Crippen LogP contribution is -2.24. The van der Waals surface area contributed by atoms with Crippen LogP contribution in [0.5, 0.6) is 0 Å². The molecule has 2 aromatic carbocycles. The van der Waals surface area contributed by atoms with E-state index in [0.29, 0.717) is 31.8 Å². The zero-order chi connectivity index (χ0) is 25.8. The number of aryl methyl sites for hydroxylation is 1. The summed E-state index contributed by atoms with van der Waals surface area (Å²) in [5.74, 6) is 0.537. The van der Waals surface area contributed by atoms with Crippen molar-refractivity contribution in [3.63, 3.8) is 0 Å². The van der Waals surface area contributed by atoms with Gasteiger partial charge in [0.25, 0.3) is 11.2 Å². The zero-order valence-electron chi connectivity index (χ0n) is 19.7. The fraction of sp³-hybridized carbons (Fsp3) is 0.185. The van der Waals surface area contributed by atoms with Crippen molar-refractivity contribution >= 4 is 62.6 Å². The van der Waals surface area contributed by atoms with Gasteiger partial charge >= 0.3 is 0 Å². The van der Waals surface area contributed by atoms with E-state index in [9.17, 15) is 14.9 Å². The molecule has 2 heterocycles. The van der Waals surface area contributed by atoms with Gasteiger partial charge < -0.3 is 0 Å². The van der Waals surface area contributed by atoms with Crippen LogP contribution in [-0.2, 0) is 5.41 Å². The third-order valence-electron chi connectivity index (χ3n) is 6.26. The summed E-state index contributed by atoms with van der Waals surface area (Å²) in [6, 6.07) is 11.4. The molecule has 0 fully saturated rings. The molecule has 4 aromatic rings. The monoisotopic (exact) mass is 537 g/mol. The van der Waals surface area contributed by atoms with Crippen LogP contribution in [0.25, 0.3) is 28.1 Å². The lowest BCUT2D eigenvalue weighted by atomic mass is 9.77. The van der Waals surface area contributed by atoms with Crippen LogP contribution < -0.4 is 5.56 Å². The van der Waals surface area contributed by atoms with Crippen molar-refractivity contribution in [2.24, 2.45) is 0 Å². The van der Waals surface area contributed by atoms with Gasteiger partial charge in [-0.05, 0) is 60.9 Å². The van der Waals surface area contributed by atoms with Crippen molar-refractivity contribution in [3.8, 4) is 5.69 Å². The number of aromatic nitrogens is 2. The number of allylic oxidation sites excluding steroid dienone is 2. The van der Waals surface area contributed by atoms with Gasteiger partial charge in [0.15, 0.2) is 0 Å². The predicted molar refractivity (Wildman–Crippen MR) is 148 cm³/mol. The fourth-order valence-electron chi connectivity index (χ4n) is 4.60. The number of nitrogens with zero attached hydrogens (tertiary/aromatic N) is 3. The normalized spacial score (nSPS) is 14.8. The molecule has 0 spiro atoms. The molecule has 1 aliphatic carbocycles. The average Bonchev–Trinajstić information content (AvgIpc) is 3.19. The number of rotatable bonds is 4. The fourth-order valence-corrected chi connectivity index (χ4v) is 6.26. The number of nitro benzene ring substituents is 1. The van der Waals surface area contributed by atoms with Gasteiger partial charge in [0, 0.05) is 33.0 Å². The van der Waals surface area contributed by atoms with Crippen LogP contribution in [0.1, 0.15) is 42.1 Å². The van der Waals surface area contributed by atoms with Crippen molar-refractivity contribution in [3.05, 3.63) is 106 Å². The molecule has 5 rings (SSSR count). The van der Waals surface area contributed by atoms with E-state index in [2.05, 4.69) is 13.8 Å². The molecule has 0 bridgehead atoms. The Morgan fingerprint density at radius 3 is 2.56 bits per heavy atom. The van der Waals surface area contributed by atoms with Crippen LogP contribution in [0.3, 0.4) is 0 Å². The van der Waals surface area contributed by atoms with Gasteiger partial charge in [0.05, 0.1) is 21.0 Å². The number of hydrogen-bond acceptors (Lipinski definition) is 5. The maximum atomic E-state index is 13.9. The Labute approximate surface area is 221 Å². The number of thiophene rings is 1. The Morgan fingerprint density at radius 1 is 1.14 bits per heavy atom. The van der Waals surface area contributed by atoms with E-state index < -0.39 is 4.92 Å². The Hall–Kier alpha value is -3.26. The second kappa shape index (κ2) is 9.00. The smallest absolute Gasteiger partial charge is 0.268 e. The Kier molecular flexibility index (Phi) is 6.11. The number of fused-ring (bicyclic) bond motifs is 3. The number of benzene rings is 2. The molecule has 0 saturated carbocycles. The topological polar surface area (TPSA) is 78.0 Å². The summed E-state index contributed by atoms with van der Waals surface area (Å²) in [4.78, 5) is 30.9. The van der Waals surface area contributed by atoms with Crippen LogP contribution in [0, 0.1) is 17.0 Å². The summed E-state index contributed by atoms with van der Waals surface area (Å²) >= 11 is 14.2. The molecule has 0 aliphatic heterocycles. The Bertz CT molecular complexity index is 1660. The van der Waals surface area contributed by atoms with E-state index in [4.69, 9.17) is 28.2 Å². The predicted octanol–water partition coefficient (Wildman–Crippen LogP) is 7.75. The molecule has 2 aromatic heterocycles. The van der Waals surface area contributed by atoms with Gasteiger partial charge in [0.1, 0.15) is 10.7 Å². The van der Waals surface area contributed by atoms with Gasteiger partial charge in [0.2, 0.25) is 0 Å². The highest BCUT2D eigenvalue weighted by atomic mass is 35.5. The summed E-state index contributed by atoms with van der Waals surface area (Å²) in [6.07, 6.45) is 6.76. The maximum Gasteiger partial charge on any atom is 0.269 e. The first-order valence-electron chi connectivity index (χ1n) is 11.2. The SMILES string of the molecule is Cc1nc2sc3c(c2c(=O)n1-c1cc(Cl)ccc1Cl)C=C(/C=C/c1ccc([N+](=O)[O-])cc1)CC3(C)C. The molecular weight excluding hydrogens is 517 g/mol. The third kappa shape index (κ3) is 4.28. The van der Waals surface area contributed by atoms with Crippen LogP contribution in [0.4, 0.5) is 5.69 Å². The minimum Gasteiger partial charge on any atom is -0.268 e. The summed E-state index contributed by atoms with van der Waals surface area (Å²) in [7, 11) is 0. The molecule has 1 aliphatic rings. The molecule has 6 nitrogen and oxygen atoms in total. The number of nitro groups is 1. The molecule has 9 heteroatoms. The van der Waals surface area contributed by atoms with E-state index in [1.807, 2.05) is 18.2 Å². The van der Waals surface area contributed by atoms with Crippen LogP contribution in [-0.4, -0.2) is 14.5 Å². The largest absolute Gasteiger partial charge is 0.269 e. The van der Waals surface area contributed by atoms with Crippen molar-refractivity contribution in [1.82, 2.24) is 9.55 Å². The number of hydrogen-bond donors (Lipinski definition) is 0. The highest BCUT2D eigenvalue weighted by molar-refractivity contribution is 7.19. The van der Waals surface area contributed by atoms with Crippen LogP contribution >= 0.6 is 34.5 Å². The Balaban J connectivity index is 1.65. The summed E-state index contributed by atoms with van der Waals surface area (Å²) in [5.41, 5.74) is 2.94. The number of non-ortho nitro benzene ring substituents is 1. The summed E-state index contributed by atoms with van der Waals surface area (Å²) < 4.78 is 1.52. The van der Waals surface area contributed by atoms with E-state index in [0.717, 1.165) is 28.0 Å². The Morgan fingerprint density at radius 2 is 1.86 bits per heavy atom. The van der Waals surface area contributed by atoms with E-state index in [1.54, 1.807) is 48.6 Å². The van der Waals surface area contributed by atoms with Gasteiger partial charge in [-0.1, -0.05) is 49.2 Å². The molecule has 36 heavy (non-hydrogen) atoms. The molecule has 0 radical (unpaired) electrons. The molecule has 0 N–H and O–H groups in total. The van der Waals surface area contributed by atoms with Gasteiger partial charge in [-0.25, -0.2) is 4.98 Å². The van der Waals surface area contributed by atoms with Crippen molar-refractivity contribution in [1.29, 1.82) is 0 Å². The van der Waals surface area contributed by atoms with Gasteiger partial charge in [-0.15, -0.1) is 11.3 Å². The first kappa shape index (κ1) is 24.4. The van der Waals surface area contributed by atoms with E-state index >= 15 is 0 Å². The second-order valence-electron chi connectivity index (χ2n) is 9.38. The highest BCUT2D eigenvalue weighted by Gasteiger charge is 2.33. The van der Waals surface area contributed by atoms with Crippen molar-refractivity contribution < 1.29 is 4.92 Å². The maximum absolute atomic E-state index is 13.9. The van der Waals surface area contributed by atoms with Crippen LogP contribution in [0.2, 0.25) is 10.0 Å². The zero-order valence-corrected chi connectivity index (χ0v) is 22.0. The summed E-state index contributed by atoms with van der Waals surface area (Å²) in [6.45, 7) is 6.11. The molecule has 0 saturated heterocycles. The van der Waals surface area contributed by atoms with Gasteiger partial charge in [-0.2, -0.15) is 0 Å². The van der Waals surface area contributed by atoms with E-state index in [1.165, 1.54) is 16.7 Å². The molecular formula is C27H21Cl2N3O3S. The van der Waals surface area contributed by atoms with Crippen molar-refractivity contribution in [2.75, 3.05) is 0 Å². The average molecular weight is 538 g/mol. The molecule has 182 valence electrons. The third-order valence-corrected chi connectivity index (χ3v) is 8.28. The molecule has 0 atom stereocenters. The molecule has 0 unspecified atom stereocenters. The van der Waals surface area contributed by atoms with Gasteiger partial charge in [-0.3, -0.25) is 19.5 Å². The standard InChI is InChI=1S/C27H21Cl2N3O3S/c1-15-30-25-23(26(33)31(15)22-13-18(28)8-11-21(22)29)20-12-17(14-27(2,3)24(20)36-25)5-4-16-6-9-19(10-7-16)32(34)35/h4-13H,14H2,1-3H3/b5-4+. The minimum absolute atomic E-state index is 0.0541. The second-order valence-corrected chi connectivity index (χ2v) is 11.2. The van der Waals surface area contributed by atoms with E-state index in [-0.39, 0.29) is 16.7 Å².